The van der Waals surface area contributed by atoms with Gasteiger partial charge in [0.15, 0.2) is 0 Å². The van der Waals surface area contributed by atoms with Crippen molar-refractivity contribution >= 4 is 29.1 Å². The van der Waals surface area contributed by atoms with Gasteiger partial charge in [0.1, 0.15) is 10.8 Å². The van der Waals surface area contributed by atoms with Crippen molar-refractivity contribution in [1.82, 2.24) is 14.9 Å². The van der Waals surface area contributed by atoms with Crippen molar-refractivity contribution in [2.75, 3.05) is 7.05 Å². The van der Waals surface area contributed by atoms with Crippen LogP contribution in [-0.4, -0.2) is 27.8 Å². The van der Waals surface area contributed by atoms with E-state index in [9.17, 15) is 4.79 Å². The number of carbonyl (C=O) groups excluding carboxylic acids is 1. The minimum Gasteiger partial charge on any atom is -0.334 e. The normalized spacial score (nSPS) is 12.0. The summed E-state index contributed by atoms with van der Waals surface area (Å²) in [5.74, 6) is -0.257. The van der Waals surface area contributed by atoms with Crippen LogP contribution in [0.25, 0.3) is 0 Å². The highest BCUT2D eigenvalue weighted by molar-refractivity contribution is 6.31. The summed E-state index contributed by atoms with van der Waals surface area (Å²) in [4.78, 5) is 21.7. The number of nitrogens with zero attached hydrogens (tertiary/aromatic N) is 3. The van der Waals surface area contributed by atoms with E-state index in [4.69, 9.17) is 23.2 Å². The van der Waals surface area contributed by atoms with E-state index in [1.165, 1.54) is 12.4 Å². The molecule has 0 aliphatic carbocycles. The molecule has 0 bridgehead atoms. The lowest BCUT2D eigenvalue weighted by atomic mass is 10.1. The van der Waals surface area contributed by atoms with Crippen LogP contribution in [0.3, 0.4) is 0 Å². The zero-order valence-corrected chi connectivity index (χ0v) is 12.6. The first-order valence-corrected chi connectivity index (χ1v) is 6.75. The summed E-state index contributed by atoms with van der Waals surface area (Å²) in [5, 5.41) is 0.812. The first-order chi connectivity index (χ1) is 9.50. The van der Waals surface area contributed by atoms with Crippen LogP contribution in [0.1, 0.15) is 29.0 Å². The van der Waals surface area contributed by atoms with E-state index >= 15 is 0 Å². The third kappa shape index (κ3) is 3.08. The summed E-state index contributed by atoms with van der Waals surface area (Å²) >= 11 is 11.9. The van der Waals surface area contributed by atoms with Crippen molar-refractivity contribution in [3.63, 3.8) is 0 Å². The van der Waals surface area contributed by atoms with Crippen LogP contribution in [0.15, 0.2) is 36.7 Å². The lowest BCUT2D eigenvalue weighted by Crippen LogP contribution is -2.30. The van der Waals surface area contributed by atoms with Crippen LogP contribution < -0.4 is 0 Å². The Kier molecular flexibility index (Phi) is 4.57. The number of carbonyl (C=O) groups is 1. The number of aromatic nitrogens is 2. The van der Waals surface area contributed by atoms with Crippen LogP contribution in [0.4, 0.5) is 0 Å². The summed E-state index contributed by atoms with van der Waals surface area (Å²) in [6.45, 7) is 1.90. The Morgan fingerprint density at radius 3 is 2.60 bits per heavy atom. The van der Waals surface area contributed by atoms with Crippen molar-refractivity contribution in [1.29, 1.82) is 0 Å². The molecule has 0 N–H and O–H groups in total. The molecule has 1 aromatic carbocycles. The second kappa shape index (κ2) is 6.20. The number of halogens is 2. The third-order valence-corrected chi connectivity index (χ3v) is 3.61. The molecule has 0 saturated heterocycles. The average molecular weight is 310 g/mol. The maximum Gasteiger partial charge on any atom is 0.274 e. The molecule has 2 rings (SSSR count). The first kappa shape index (κ1) is 14.8. The number of hydrogen-bond donors (Lipinski definition) is 0. The van der Waals surface area contributed by atoms with E-state index in [1.807, 2.05) is 25.1 Å². The van der Waals surface area contributed by atoms with Gasteiger partial charge in [0.25, 0.3) is 5.91 Å². The van der Waals surface area contributed by atoms with Crippen molar-refractivity contribution in [3.8, 4) is 0 Å². The zero-order chi connectivity index (χ0) is 14.7. The summed E-state index contributed by atoms with van der Waals surface area (Å²) in [6.07, 6.45) is 2.78. The van der Waals surface area contributed by atoms with E-state index < -0.39 is 0 Å². The Labute approximate surface area is 127 Å². The molecule has 0 aliphatic rings. The standard InChI is InChI=1S/C14H13Cl2N3O/c1-9(10-5-3-4-6-11(10)15)19(2)14(20)12-7-17-8-13(16)18-12/h3-9H,1-2H3. The van der Waals surface area contributed by atoms with Crippen molar-refractivity contribution in [2.24, 2.45) is 0 Å². The van der Waals surface area contributed by atoms with Crippen molar-refractivity contribution < 1.29 is 4.79 Å². The highest BCUT2D eigenvalue weighted by Crippen LogP contribution is 2.26. The van der Waals surface area contributed by atoms with Gasteiger partial charge in [-0.25, -0.2) is 4.98 Å². The quantitative estimate of drug-likeness (QED) is 0.870. The van der Waals surface area contributed by atoms with E-state index in [1.54, 1.807) is 18.0 Å². The lowest BCUT2D eigenvalue weighted by Gasteiger charge is -2.25. The van der Waals surface area contributed by atoms with Gasteiger partial charge in [-0.15, -0.1) is 0 Å². The predicted octanol–water partition coefficient (Wildman–Crippen LogP) is 3.62. The fourth-order valence-corrected chi connectivity index (χ4v) is 2.27. The number of benzene rings is 1. The van der Waals surface area contributed by atoms with Gasteiger partial charge >= 0.3 is 0 Å². The summed E-state index contributed by atoms with van der Waals surface area (Å²) in [5.41, 5.74) is 1.08. The number of rotatable bonds is 3. The Hall–Kier alpha value is -1.65. The molecule has 104 valence electrons. The molecule has 4 nitrogen and oxygen atoms in total. The maximum absolute atomic E-state index is 12.3. The molecule has 0 aliphatic heterocycles. The van der Waals surface area contributed by atoms with Crippen LogP contribution in [0.2, 0.25) is 10.2 Å². The molecule has 1 amide bonds. The molecular formula is C14H13Cl2N3O. The van der Waals surface area contributed by atoms with Crippen LogP contribution in [-0.2, 0) is 0 Å². The molecule has 0 spiro atoms. The molecule has 0 fully saturated rings. The van der Waals surface area contributed by atoms with Crippen LogP contribution in [0.5, 0.6) is 0 Å². The largest absolute Gasteiger partial charge is 0.334 e. The summed E-state index contributed by atoms with van der Waals surface area (Å²) in [7, 11) is 1.69. The van der Waals surface area contributed by atoms with Gasteiger partial charge < -0.3 is 4.90 Å². The summed E-state index contributed by atoms with van der Waals surface area (Å²) in [6, 6.07) is 7.24. The molecule has 2 aromatic rings. The first-order valence-electron chi connectivity index (χ1n) is 6.00. The van der Waals surface area contributed by atoms with Crippen LogP contribution >= 0.6 is 23.2 Å². The molecule has 1 heterocycles. The van der Waals surface area contributed by atoms with E-state index in [0.29, 0.717) is 5.02 Å². The number of hydrogen-bond acceptors (Lipinski definition) is 3. The molecule has 1 unspecified atom stereocenters. The molecule has 0 saturated carbocycles. The topological polar surface area (TPSA) is 46.1 Å². The predicted molar refractivity (Wildman–Crippen MR) is 79.0 cm³/mol. The highest BCUT2D eigenvalue weighted by Gasteiger charge is 2.21. The monoisotopic (exact) mass is 309 g/mol. The van der Waals surface area contributed by atoms with Crippen molar-refractivity contribution in [3.05, 3.63) is 58.1 Å². The Balaban J connectivity index is 2.25. The van der Waals surface area contributed by atoms with Gasteiger partial charge in [0.2, 0.25) is 0 Å². The maximum atomic E-state index is 12.3. The second-order valence-corrected chi connectivity index (χ2v) is 5.14. The smallest absolute Gasteiger partial charge is 0.274 e. The van der Waals surface area contributed by atoms with Gasteiger partial charge in [-0.05, 0) is 18.6 Å². The van der Waals surface area contributed by atoms with Crippen LogP contribution in [0, 0.1) is 0 Å². The fourth-order valence-electron chi connectivity index (χ4n) is 1.82. The van der Waals surface area contributed by atoms with Gasteiger partial charge in [-0.1, -0.05) is 41.4 Å². The van der Waals surface area contributed by atoms with Gasteiger partial charge in [-0.2, -0.15) is 0 Å². The lowest BCUT2D eigenvalue weighted by molar-refractivity contribution is 0.0736. The SMILES string of the molecule is CC(c1ccccc1Cl)N(C)C(=O)c1cncc(Cl)n1. The Bertz CT molecular complexity index is 633. The van der Waals surface area contributed by atoms with E-state index in [0.717, 1.165) is 5.56 Å². The Morgan fingerprint density at radius 2 is 1.95 bits per heavy atom. The van der Waals surface area contributed by atoms with Gasteiger partial charge in [0, 0.05) is 12.1 Å². The van der Waals surface area contributed by atoms with Gasteiger partial charge in [-0.3, -0.25) is 9.78 Å². The molecule has 1 atom stereocenters. The van der Waals surface area contributed by atoms with E-state index in [2.05, 4.69) is 9.97 Å². The third-order valence-electron chi connectivity index (χ3n) is 3.08. The van der Waals surface area contributed by atoms with Gasteiger partial charge in [0.05, 0.1) is 18.4 Å². The molecule has 1 aromatic heterocycles. The fraction of sp³-hybridized carbons (Fsp3) is 0.214. The minimum absolute atomic E-state index is 0.183. The molecule has 0 radical (unpaired) electrons. The van der Waals surface area contributed by atoms with Crippen molar-refractivity contribution in [2.45, 2.75) is 13.0 Å². The average Bonchev–Trinajstić information content (AvgIpc) is 2.45. The molecular weight excluding hydrogens is 297 g/mol. The highest BCUT2D eigenvalue weighted by atomic mass is 35.5. The Morgan fingerprint density at radius 1 is 1.25 bits per heavy atom. The van der Waals surface area contributed by atoms with E-state index in [-0.39, 0.29) is 22.8 Å². The number of amides is 1. The molecule has 20 heavy (non-hydrogen) atoms. The molecule has 6 heteroatoms. The summed E-state index contributed by atoms with van der Waals surface area (Å²) < 4.78 is 0. The second-order valence-electron chi connectivity index (χ2n) is 4.34. The minimum atomic E-state index is -0.257. The zero-order valence-electron chi connectivity index (χ0n) is 11.0.